The average molecular weight is 275 g/mol. The summed E-state index contributed by atoms with van der Waals surface area (Å²) in [5.41, 5.74) is 0.809. The van der Waals surface area contributed by atoms with Gasteiger partial charge in [0.2, 0.25) is 0 Å². The van der Waals surface area contributed by atoms with Crippen molar-refractivity contribution in [3.63, 3.8) is 0 Å². The summed E-state index contributed by atoms with van der Waals surface area (Å²) in [6.07, 6.45) is 2.52. The second-order valence-corrected chi connectivity index (χ2v) is 5.20. The molecule has 0 spiro atoms. The minimum Gasteiger partial charge on any atom is -0.493 e. The minimum absolute atomic E-state index is 0.00651. The lowest BCUT2D eigenvalue weighted by molar-refractivity contribution is -0.384. The van der Waals surface area contributed by atoms with Gasteiger partial charge in [0.15, 0.2) is 0 Å². The van der Waals surface area contributed by atoms with E-state index in [2.05, 4.69) is 11.4 Å². The summed E-state index contributed by atoms with van der Waals surface area (Å²) in [7, 11) is 1.78. The monoisotopic (exact) mass is 275 g/mol. The molecule has 1 fully saturated rings. The van der Waals surface area contributed by atoms with Crippen molar-refractivity contribution in [3.8, 4) is 11.8 Å². The molecule has 2 rings (SSSR count). The number of nitrogens with one attached hydrogen (secondary N) is 1. The fourth-order valence-corrected chi connectivity index (χ4v) is 2.10. The second-order valence-electron chi connectivity index (χ2n) is 5.20. The fraction of sp³-hybridized carbons (Fsp3) is 0.500. The molecular weight excluding hydrogens is 258 g/mol. The quantitative estimate of drug-likeness (QED) is 0.609. The predicted molar refractivity (Wildman–Crippen MR) is 73.3 cm³/mol. The van der Waals surface area contributed by atoms with E-state index in [0.717, 1.165) is 18.4 Å². The van der Waals surface area contributed by atoms with Crippen molar-refractivity contribution in [3.05, 3.63) is 33.9 Å². The van der Waals surface area contributed by atoms with E-state index in [1.807, 2.05) is 0 Å². The molecule has 1 saturated carbocycles. The highest BCUT2D eigenvalue weighted by Crippen LogP contribution is 2.48. The molecule has 0 amide bonds. The van der Waals surface area contributed by atoms with Crippen molar-refractivity contribution in [2.75, 3.05) is 13.7 Å². The van der Waals surface area contributed by atoms with Crippen LogP contribution in [0.3, 0.4) is 0 Å². The molecule has 1 aliphatic rings. The Kier molecular flexibility index (Phi) is 4.20. The lowest BCUT2D eigenvalue weighted by atomic mass is 10.1. The Bertz CT molecular complexity index is 547. The lowest BCUT2D eigenvalue weighted by Gasteiger charge is -2.15. The van der Waals surface area contributed by atoms with Gasteiger partial charge in [-0.15, -0.1) is 0 Å². The molecule has 0 bridgehead atoms. The first-order valence-corrected chi connectivity index (χ1v) is 6.52. The van der Waals surface area contributed by atoms with E-state index < -0.39 is 4.92 Å². The predicted octanol–water partition coefficient (Wildman–Crippen LogP) is 2.39. The number of nitriles is 1. The number of nitrogens with zero attached hydrogens (tertiary/aromatic N) is 2. The zero-order valence-electron chi connectivity index (χ0n) is 11.4. The van der Waals surface area contributed by atoms with Crippen LogP contribution in [0.15, 0.2) is 18.2 Å². The molecule has 1 aliphatic carbocycles. The molecule has 0 atom stereocenters. The maximum absolute atomic E-state index is 10.8. The van der Waals surface area contributed by atoms with E-state index >= 15 is 0 Å². The van der Waals surface area contributed by atoms with Crippen molar-refractivity contribution in [2.45, 2.75) is 25.8 Å². The van der Waals surface area contributed by atoms with Gasteiger partial charge >= 0.3 is 0 Å². The van der Waals surface area contributed by atoms with Crippen LogP contribution in [0.4, 0.5) is 5.69 Å². The maximum atomic E-state index is 10.8. The van der Waals surface area contributed by atoms with E-state index in [0.29, 0.717) is 25.3 Å². The molecule has 1 N–H and O–H groups in total. The first-order chi connectivity index (χ1) is 9.60. The zero-order valence-corrected chi connectivity index (χ0v) is 11.4. The molecule has 6 nitrogen and oxygen atoms in total. The summed E-state index contributed by atoms with van der Waals surface area (Å²) < 4.78 is 5.79. The summed E-state index contributed by atoms with van der Waals surface area (Å²) in [6.45, 7) is 0.997. The Balaban J connectivity index is 2.10. The van der Waals surface area contributed by atoms with Crippen molar-refractivity contribution < 1.29 is 9.66 Å². The number of hydrogen-bond donors (Lipinski definition) is 1. The molecule has 6 heteroatoms. The number of nitro groups is 1. The number of benzene rings is 1. The standard InChI is InChI=1S/C14H17N3O3/c1-16-9-11-8-12(17(18)19)2-3-13(11)20-10-14(4-5-14)6-7-15/h2-3,8,16H,4-6,9-10H2,1H3. The van der Waals surface area contributed by atoms with Crippen LogP contribution < -0.4 is 10.1 Å². The van der Waals surface area contributed by atoms with E-state index in [4.69, 9.17) is 10.00 Å². The molecule has 0 aromatic heterocycles. The number of hydrogen-bond acceptors (Lipinski definition) is 5. The largest absolute Gasteiger partial charge is 0.493 e. The van der Waals surface area contributed by atoms with Crippen molar-refractivity contribution in [1.29, 1.82) is 5.26 Å². The first kappa shape index (κ1) is 14.3. The second kappa shape index (κ2) is 5.88. The molecule has 0 aliphatic heterocycles. The van der Waals surface area contributed by atoms with Gasteiger partial charge in [-0.3, -0.25) is 10.1 Å². The third kappa shape index (κ3) is 3.25. The molecule has 1 aromatic rings. The average Bonchev–Trinajstić information content (AvgIpc) is 3.18. The Morgan fingerprint density at radius 3 is 2.85 bits per heavy atom. The normalized spacial score (nSPS) is 15.4. The van der Waals surface area contributed by atoms with E-state index in [1.165, 1.54) is 12.1 Å². The van der Waals surface area contributed by atoms with Crippen molar-refractivity contribution >= 4 is 5.69 Å². The molecular formula is C14H17N3O3. The van der Waals surface area contributed by atoms with Gasteiger partial charge in [0.05, 0.1) is 17.6 Å². The van der Waals surface area contributed by atoms with Gasteiger partial charge in [0.25, 0.3) is 5.69 Å². The van der Waals surface area contributed by atoms with Crippen LogP contribution in [0.1, 0.15) is 24.8 Å². The Labute approximate surface area is 117 Å². The van der Waals surface area contributed by atoms with Crippen LogP contribution >= 0.6 is 0 Å². The van der Waals surface area contributed by atoms with Crippen LogP contribution in [0.5, 0.6) is 5.75 Å². The van der Waals surface area contributed by atoms with Gasteiger partial charge in [-0.1, -0.05) is 0 Å². The highest BCUT2D eigenvalue weighted by molar-refractivity contribution is 5.43. The molecule has 0 unspecified atom stereocenters. The molecule has 0 heterocycles. The number of ether oxygens (including phenoxy) is 1. The highest BCUT2D eigenvalue weighted by Gasteiger charge is 2.43. The van der Waals surface area contributed by atoms with Crippen LogP contribution in [-0.4, -0.2) is 18.6 Å². The summed E-state index contributed by atoms with van der Waals surface area (Å²) in [5.74, 6) is 0.647. The van der Waals surface area contributed by atoms with Gasteiger partial charge in [-0.05, 0) is 26.0 Å². The SMILES string of the molecule is CNCc1cc([N+](=O)[O-])ccc1OCC1(CC#N)CC1. The van der Waals surface area contributed by atoms with Gasteiger partial charge in [0.1, 0.15) is 5.75 Å². The number of rotatable bonds is 7. The molecule has 20 heavy (non-hydrogen) atoms. The highest BCUT2D eigenvalue weighted by atomic mass is 16.6. The summed E-state index contributed by atoms with van der Waals surface area (Å²) >= 11 is 0. The summed E-state index contributed by atoms with van der Waals surface area (Å²) in [6, 6.07) is 6.79. The van der Waals surface area contributed by atoms with E-state index in [1.54, 1.807) is 13.1 Å². The van der Waals surface area contributed by atoms with Crippen LogP contribution in [0.2, 0.25) is 0 Å². The summed E-state index contributed by atoms with van der Waals surface area (Å²) in [4.78, 5) is 10.4. The molecule has 106 valence electrons. The third-order valence-electron chi connectivity index (χ3n) is 3.57. The van der Waals surface area contributed by atoms with Crippen LogP contribution in [-0.2, 0) is 6.54 Å². The Hall–Kier alpha value is -2.13. The topological polar surface area (TPSA) is 88.2 Å². The molecule has 0 radical (unpaired) electrons. The van der Waals surface area contributed by atoms with Crippen LogP contribution in [0.25, 0.3) is 0 Å². The van der Waals surface area contributed by atoms with Gasteiger partial charge in [-0.2, -0.15) is 5.26 Å². The van der Waals surface area contributed by atoms with E-state index in [-0.39, 0.29) is 11.1 Å². The fourth-order valence-electron chi connectivity index (χ4n) is 2.10. The maximum Gasteiger partial charge on any atom is 0.270 e. The first-order valence-electron chi connectivity index (χ1n) is 6.52. The third-order valence-corrected chi connectivity index (χ3v) is 3.57. The van der Waals surface area contributed by atoms with Gasteiger partial charge in [-0.25, -0.2) is 0 Å². The van der Waals surface area contributed by atoms with Crippen LogP contribution in [0, 0.1) is 26.9 Å². The lowest BCUT2D eigenvalue weighted by Crippen LogP contribution is -2.14. The number of nitro benzene ring substituents is 1. The Morgan fingerprint density at radius 2 is 2.30 bits per heavy atom. The molecule has 0 saturated heterocycles. The van der Waals surface area contributed by atoms with Crippen molar-refractivity contribution in [1.82, 2.24) is 5.32 Å². The summed E-state index contributed by atoms with van der Waals surface area (Å²) in [5, 5.41) is 22.5. The smallest absolute Gasteiger partial charge is 0.270 e. The zero-order chi connectivity index (χ0) is 14.6. The van der Waals surface area contributed by atoms with Crippen molar-refractivity contribution in [2.24, 2.45) is 5.41 Å². The minimum atomic E-state index is -0.416. The van der Waals surface area contributed by atoms with E-state index in [9.17, 15) is 10.1 Å². The Morgan fingerprint density at radius 1 is 1.55 bits per heavy atom. The van der Waals surface area contributed by atoms with Gasteiger partial charge < -0.3 is 10.1 Å². The van der Waals surface area contributed by atoms with Gasteiger partial charge in [0, 0.05) is 36.1 Å². The molecule has 1 aromatic carbocycles. The number of non-ortho nitro benzene ring substituents is 1.